The average Bonchev–Trinajstić information content (AvgIpc) is 3.20. The molecular weight excluding hydrogens is 535 g/mol. The lowest BCUT2D eigenvalue weighted by Crippen LogP contribution is -2.09. The molecule has 0 N–H and O–H groups in total. The molecule has 0 fully saturated rings. The van der Waals surface area contributed by atoms with Crippen molar-refractivity contribution in [1.82, 2.24) is 0 Å². The number of hydrogen-bond donors (Lipinski definition) is 0. The molecule has 3 aromatic rings. The van der Waals surface area contributed by atoms with Gasteiger partial charge in [0.2, 0.25) is 5.90 Å². The zero-order chi connectivity index (χ0) is 26.0. The highest BCUT2D eigenvalue weighted by molar-refractivity contribution is 6.35. The highest BCUT2D eigenvalue weighted by atomic mass is 35.5. The van der Waals surface area contributed by atoms with Crippen molar-refractivity contribution in [1.29, 1.82) is 0 Å². The molecule has 4 rings (SSSR count). The number of ether oxygens (including phenoxy) is 3. The number of methoxy groups -OCH3 is 1. The van der Waals surface area contributed by atoms with E-state index in [-0.39, 0.29) is 50.0 Å². The molecule has 0 atom stereocenters. The van der Waals surface area contributed by atoms with Crippen molar-refractivity contribution in [2.45, 2.75) is 0 Å². The summed E-state index contributed by atoms with van der Waals surface area (Å²) in [6.45, 7) is 0. The van der Waals surface area contributed by atoms with Crippen molar-refractivity contribution in [2.24, 2.45) is 4.99 Å². The van der Waals surface area contributed by atoms with Crippen molar-refractivity contribution in [2.75, 3.05) is 7.11 Å². The van der Waals surface area contributed by atoms with Gasteiger partial charge in [-0.3, -0.25) is 10.1 Å². The number of non-ortho nitro benzene ring substituents is 1. The average molecular weight is 548 g/mol. The summed E-state index contributed by atoms with van der Waals surface area (Å²) < 4.78 is 15.9. The topological polar surface area (TPSA) is 117 Å². The van der Waals surface area contributed by atoms with Crippen LogP contribution in [-0.4, -0.2) is 29.9 Å². The van der Waals surface area contributed by atoms with Crippen LogP contribution in [0.5, 0.6) is 11.5 Å². The first-order valence-corrected chi connectivity index (χ1v) is 11.1. The Morgan fingerprint density at radius 3 is 2.44 bits per heavy atom. The fourth-order valence-electron chi connectivity index (χ4n) is 3.13. The first kappa shape index (κ1) is 25.2. The van der Waals surface area contributed by atoms with E-state index in [9.17, 15) is 19.7 Å². The number of hydrogen-bond acceptors (Lipinski definition) is 8. The summed E-state index contributed by atoms with van der Waals surface area (Å²) in [6.07, 6.45) is 1.36. The van der Waals surface area contributed by atoms with E-state index in [1.165, 1.54) is 49.6 Å². The summed E-state index contributed by atoms with van der Waals surface area (Å²) in [5.41, 5.74) is 0.356. The quantitative estimate of drug-likeness (QED) is 0.120. The van der Waals surface area contributed by atoms with Crippen LogP contribution < -0.4 is 9.47 Å². The second kappa shape index (κ2) is 10.4. The normalized spacial score (nSPS) is 13.8. The van der Waals surface area contributed by atoms with Crippen LogP contribution in [0.3, 0.4) is 0 Å². The summed E-state index contributed by atoms with van der Waals surface area (Å²) in [7, 11) is 1.35. The molecule has 0 aliphatic carbocycles. The molecule has 1 aliphatic heterocycles. The zero-order valence-electron chi connectivity index (χ0n) is 18.2. The Kier molecular flexibility index (Phi) is 7.25. The maximum Gasteiger partial charge on any atom is 0.363 e. The third-order valence-corrected chi connectivity index (χ3v) is 5.70. The molecule has 0 amide bonds. The highest BCUT2D eigenvalue weighted by Crippen LogP contribution is 2.38. The second-order valence-corrected chi connectivity index (χ2v) is 8.44. The van der Waals surface area contributed by atoms with E-state index in [1.54, 1.807) is 12.1 Å². The molecule has 0 radical (unpaired) electrons. The van der Waals surface area contributed by atoms with Crippen molar-refractivity contribution < 1.29 is 28.7 Å². The maximum absolute atomic E-state index is 12.5. The van der Waals surface area contributed by atoms with Gasteiger partial charge in [0, 0.05) is 17.2 Å². The largest absolute Gasteiger partial charge is 0.493 e. The van der Waals surface area contributed by atoms with Gasteiger partial charge in [-0.2, -0.15) is 0 Å². The number of halogens is 3. The van der Waals surface area contributed by atoms with Gasteiger partial charge in [-0.1, -0.05) is 34.8 Å². The number of nitrogens with zero attached hydrogens (tertiary/aromatic N) is 2. The van der Waals surface area contributed by atoms with Crippen LogP contribution >= 0.6 is 34.8 Å². The molecule has 36 heavy (non-hydrogen) atoms. The molecule has 1 heterocycles. The summed E-state index contributed by atoms with van der Waals surface area (Å²) in [5.74, 6) is -1.58. The Morgan fingerprint density at radius 2 is 1.78 bits per heavy atom. The van der Waals surface area contributed by atoms with Crippen molar-refractivity contribution in [3.05, 3.63) is 102 Å². The van der Waals surface area contributed by atoms with Gasteiger partial charge >= 0.3 is 11.9 Å². The number of carbonyl (C=O) groups is 2. The predicted molar refractivity (Wildman–Crippen MR) is 133 cm³/mol. The van der Waals surface area contributed by atoms with E-state index < -0.39 is 16.9 Å². The van der Waals surface area contributed by atoms with E-state index in [0.29, 0.717) is 10.6 Å². The SMILES string of the molecule is COc1cc(/C=C2\N=C(c3cc([N+](=O)[O-])ccc3Cl)OC2=O)cc(Cl)c1OC(=O)c1ccc(Cl)cc1. The Bertz CT molecular complexity index is 1470. The molecule has 3 aromatic carbocycles. The molecule has 12 heteroatoms. The zero-order valence-corrected chi connectivity index (χ0v) is 20.4. The summed E-state index contributed by atoms with van der Waals surface area (Å²) >= 11 is 18.3. The Balaban J connectivity index is 1.64. The Hall–Kier alpha value is -3.92. The molecule has 0 spiro atoms. The van der Waals surface area contributed by atoms with E-state index >= 15 is 0 Å². The number of carbonyl (C=O) groups excluding carboxylic acids is 2. The summed E-state index contributed by atoms with van der Waals surface area (Å²) in [4.78, 5) is 39.5. The molecule has 9 nitrogen and oxygen atoms in total. The van der Waals surface area contributed by atoms with E-state index in [0.717, 1.165) is 6.07 Å². The molecular formula is C24H13Cl3N2O7. The Labute approximate surface area is 218 Å². The smallest absolute Gasteiger partial charge is 0.363 e. The highest BCUT2D eigenvalue weighted by Gasteiger charge is 2.27. The minimum atomic E-state index is -0.805. The van der Waals surface area contributed by atoms with Crippen molar-refractivity contribution in [3.63, 3.8) is 0 Å². The van der Waals surface area contributed by atoms with Gasteiger partial charge in [0.1, 0.15) is 0 Å². The van der Waals surface area contributed by atoms with Crippen LogP contribution in [0.25, 0.3) is 6.08 Å². The number of aliphatic imine (C=N–C) groups is 1. The molecule has 0 bridgehead atoms. The fourth-order valence-corrected chi connectivity index (χ4v) is 3.71. The molecule has 1 aliphatic rings. The number of nitro benzene ring substituents is 1. The number of esters is 2. The predicted octanol–water partition coefficient (Wildman–Crippen LogP) is 6.13. The van der Waals surface area contributed by atoms with Gasteiger partial charge in [-0.15, -0.1) is 0 Å². The minimum absolute atomic E-state index is 0.0252. The third-order valence-electron chi connectivity index (χ3n) is 4.84. The van der Waals surface area contributed by atoms with E-state index in [1.807, 2.05) is 0 Å². The third kappa shape index (κ3) is 5.33. The molecule has 0 saturated heterocycles. The van der Waals surface area contributed by atoms with Gasteiger partial charge in [0.05, 0.1) is 33.2 Å². The Morgan fingerprint density at radius 1 is 1.06 bits per heavy atom. The van der Waals surface area contributed by atoms with Gasteiger partial charge in [-0.25, -0.2) is 14.6 Å². The molecule has 0 saturated carbocycles. The van der Waals surface area contributed by atoms with Gasteiger partial charge in [-0.05, 0) is 54.1 Å². The van der Waals surface area contributed by atoms with Crippen LogP contribution in [-0.2, 0) is 9.53 Å². The van der Waals surface area contributed by atoms with Crippen molar-refractivity contribution in [3.8, 4) is 11.5 Å². The van der Waals surface area contributed by atoms with Crippen LogP contribution in [0.15, 0.2) is 65.3 Å². The van der Waals surface area contributed by atoms with Crippen molar-refractivity contribution >= 4 is 64.4 Å². The van der Waals surface area contributed by atoms with E-state index in [2.05, 4.69) is 4.99 Å². The van der Waals surface area contributed by atoms with Crippen LogP contribution in [0.4, 0.5) is 5.69 Å². The molecule has 0 aromatic heterocycles. The number of cyclic esters (lactones) is 1. The van der Waals surface area contributed by atoms with Gasteiger partial charge in [0.15, 0.2) is 17.2 Å². The van der Waals surface area contributed by atoms with Crippen LogP contribution in [0, 0.1) is 10.1 Å². The number of nitro groups is 1. The molecule has 182 valence electrons. The fraction of sp³-hybridized carbons (Fsp3) is 0.0417. The summed E-state index contributed by atoms with van der Waals surface area (Å²) in [5, 5.41) is 11.7. The maximum atomic E-state index is 12.5. The standard InChI is InChI=1S/C24H13Cl3N2O7/c1-34-20-10-12(8-18(27)21(20)35-23(30)13-2-4-14(25)5-3-13)9-19-24(31)36-22(28-19)16-11-15(29(32)33)6-7-17(16)26/h2-11H,1H3/b19-9-. The van der Waals surface area contributed by atoms with E-state index in [4.69, 9.17) is 49.0 Å². The van der Waals surface area contributed by atoms with Crippen LogP contribution in [0.1, 0.15) is 21.5 Å². The number of rotatable bonds is 6. The second-order valence-electron chi connectivity index (χ2n) is 7.19. The minimum Gasteiger partial charge on any atom is -0.493 e. The van der Waals surface area contributed by atoms with Crippen LogP contribution in [0.2, 0.25) is 15.1 Å². The lowest BCUT2D eigenvalue weighted by atomic mass is 10.1. The lowest BCUT2D eigenvalue weighted by molar-refractivity contribution is -0.384. The summed E-state index contributed by atoms with van der Waals surface area (Å²) in [6, 6.07) is 12.7. The first-order chi connectivity index (χ1) is 17.2. The number of benzene rings is 3. The first-order valence-electron chi connectivity index (χ1n) is 9.98. The van der Waals surface area contributed by atoms with Gasteiger partial charge < -0.3 is 14.2 Å². The molecule has 0 unspecified atom stereocenters. The lowest BCUT2D eigenvalue weighted by Gasteiger charge is -2.12. The van der Waals surface area contributed by atoms with Gasteiger partial charge in [0.25, 0.3) is 5.69 Å². The monoisotopic (exact) mass is 546 g/mol.